The fourth-order valence-electron chi connectivity index (χ4n) is 1.60. The van der Waals surface area contributed by atoms with Crippen LogP contribution in [0.15, 0.2) is 0 Å². The lowest BCUT2D eigenvalue weighted by Gasteiger charge is -2.24. The summed E-state index contributed by atoms with van der Waals surface area (Å²) < 4.78 is 10.4. The van der Waals surface area contributed by atoms with Crippen molar-refractivity contribution >= 4 is 11.9 Å². The Hall–Kier alpha value is -1.14. The van der Waals surface area contributed by atoms with E-state index in [1.807, 2.05) is 20.8 Å². The topological polar surface area (TPSA) is 90.6 Å². The summed E-state index contributed by atoms with van der Waals surface area (Å²) in [6.45, 7) is 11.0. The predicted octanol–water partition coefficient (Wildman–Crippen LogP) is 2.21. The number of amides is 1. The molecule has 21 heavy (non-hydrogen) atoms. The Labute approximate surface area is 127 Å². The minimum Gasteiger partial charge on any atom is -0.444 e. The number of nitrogens with two attached hydrogens (primary N) is 1. The van der Waals surface area contributed by atoms with Crippen molar-refractivity contribution in [3.05, 3.63) is 0 Å². The van der Waals surface area contributed by atoms with Crippen LogP contribution < -0.4 is 11.1 Å². The van der Waals surface area contributed by atoms with Gasteiger partial charge in [-0.3, -0.25) is 4.79 Å². The molecule has 0 rings (SSSR count). The van der Waals surface area contributed by atoms with Crippen LogP contribution in [0.5, 0.6) is 0 Å². The molecule has 1 unspecified atom stereocenters. The molecular weight excluding hydrogens is 272 g/mol. The molecule has 0 saturated heterocycles. The number of carbonyl (C=O) groups excluding carboxylic acids is 2. The van der Waals surface area contributed by atoms with Crippen molar-refractivity contribution in [1.82, 2.24) is 5.32 Å². The highest BCUT2D eigenvalue weighted by molar-refractivity contribution is 5.88. The average Bonchev–Trinajstić information content (AvgIpc) is 2.31. The van der Waals surface area contributed by atoms with Crippen molar-refractivity contribution in [2.45, 2.75) is 72.3 Å². The minimum absolute atomic E-state index is 0.109. The third-order valence-electron chi connectivity index (χ3n) is 2.63. The second-order valence-electron chi connectivity index (χ2n) is 6.55. The van der Waals surface area contributed by atoms with E-state index in [0.717, 1.165) is 0 Å². The monoisotopic (exact) mass is 302 g/mol. The number of nitrogens with one attached hydrogen (secondary N) is 1. The maximum atomic E-state index is 12.1. The molecule has 0 saturated carbocycles. The van der Waals surface area contributed by atoms with Gasteiger partial charge in [0, 0.05) is 0 Å². The first-order chi connectivity index (χ1) is 9.55. The molecule has 0 spiro atoms. The molecule has 3 N–H and O–H groups in total. The van der Waals surface area contributed by atoms with Crippen LogP contribution in [0.25, 0.3) is 0 Å². The van der Waals surface area contributed by atoms with E-state index in [2.05, 4.69) is 5.32 Å². The van der Waals surface area contributed by atoms with Crippen molar-refractivity contribution in [2.75, 3.05) is 6.61 Å². The molecule has 2 atom stereocenters. The second-order valence-corrected chi connectivity index (χ2v) is 6.55. The summed E-state index contributed by atoms with van der Waals surface area (Å²) in [5.74, 6) is 0.0622. The molecule has 0 fully saturated rings. The van der Waals surface area contributed by atoms with E-state index in [9.17, 15) is 9.59 Å². The fourth-order valence-corrected chi connectivity index (χ4v) is 1.60. The lowest BCUT2D eigenvalue weighted by atomic mass is 10.0. The molecule has 0 bridgehead atoms. The summed E-state index contributed by atoms with van der Waals surface area (Å²) in [4.78, 5) is 23.9. The van der Waals surface area contributed by atoms with E-state index in [1.54, 1.807) is 20.8 Å². The lowest BCUT2D eigenvalue weighted by molar-refractivity contribution is -0.128. The zero-order valence-electron chi connectivity index (χ0n) is 14.1. The number of hydrogen-bond acceptors (Lipinski definition) is 5. The highest BCUT2D eigenvalue weighted by Gasteiger charge is 2.25. The Morgan fingerprint density at radius 3 is 2.24 bits per heavy atom. The molecule has 0 aromatic heterocycles. The molecule has 0 aliphatic carbocycles. The normalized spacial score (nSPS) is 14.7. The van der Waals surface area contributed by atoms with Crippen LogP contribution in [-0.2, 0) is 14.3 Å². The van der Waals surface area contributed by atoms with Crippen molar-refractivity contribution in [3.8, 4) is 0 Å². The van der Waals surface area contributed by atoms with Crippen molar-refractivity contribution < 1.29 is 19.1 Å². The number of hydrogen-bond donors (Lipinski definition) is 2. The van der Waals surface area contributed by atoms with Crippen LogP contribution in [0.3, 0.4) is 0 Å². The SMILES string of the molecule is CCC(N)OCC(=O)[C@H](CC(C)C)NC(=O)OC(C)(C)C. The zero-order chi connectivity index (χ0) is 16.6. The van der Waals surface area contributed by atoms with Crippen LogP contribution >= 0.6 is 0 Å². The van der Waals surface area contributed by atoms with Crippen LogP contribution in [0.2, 0.25) is 0 Å². The molecule has 0 aromatic rings. The standard InChI is InChI=1S/C15H30N2O4/c1-7-13(16)20-9-12(18)11(8-10(2)3)17-14(19)21-15(4,5)6/h10-11,13H,7-9,16H2,1-6H3,(H,17,19)/t11-,13?/m0/s1. The molecule has 0 aliphatic rings. The number of ketones is 1. The van der Waals surface area contributed by atoms with Gasteiger partial charge < -0.3 is 20.5 Å². The summed E-state index contributed by atoms with van der Waals surface area (Å²) >= 11 is 0. The Bertz CT molecular complexity index is 337. The van der Waals surface area contributed by atoms with E-state index >= 15 is 0 Å². The van der Waals surface area contributed by atoms with Gasteiger partial charge in [-0.25, -0.2) is 4.79 Å². The third-order valence-corrected chi connectivity index (χ3v) is 2.63. The third kappa shape index (κ3) is 10.3. The van der Waals surface area contributed by atoms with Crippen molar-refractivity contribution in [3.63, 3.8) is 0 Å². The quantitative estimate of drug-likeness (QED) is 0.671. The smallest absolute Gasteiger partial charge is 0.408 e. The number of carbonyl (C=O) groups is 2. The Morgan fingerprint density at radius 1 is 1.24 bits per heavy atom. The number of alkyl carbamates (subject to hydrolysis) is 1. The largest absolute Gasteiger partial charge is 0.444 e. The van der Waals surface area contributed by atoms with E-state index in [1.165, 1.54) is 0 Å². The molecule has 6 heteroatoms. The Morgan fingerprint density at radius 2 is 1.81 bits per heavy atom. The van der Waals surface area contributed by atoms with E-state index in [4.69, 9.17) is 15.2 Å². The molecule has 1 amide bonds. The van der Waals surface area contributed by atoms with E-state index in [0.29, 0.717) is 12.8 Å². The van der Waals surface area contributed by atoms with Crippen LogP contribution in [0.1, 0.15) is 54.4 Å². The van der Waals surface area contributed by atoms with Gasteiger partial charge >= 0.3 is 6.09 Å². The fraction of sp³-hybridized carbons (Fsp3) is 0.867. The Balaban J connectivity index is 4.57. The molecule has 0 aromatic carbocycles. The lowest BCUT2D eigenvalue weighted by Crippen LogP contribution is -2.46. The van der Waals surface area contributed by atoms with Crippen LogP contribution in [0, 0.1) is 5.92 Å². The van der Waals surface area contributed by atoms with Gasteiger partial charge in [-0.1, -0.05) is 20.8 Å². The molecule has 124 valence electrons. The maximum absolute atomic E-state index is 12.1. The predicted molar refractivity (Wildman–Crippen MR) is 81.8 cm³/mol. The first kappa shape index (κ1) is 19.9. The molecule has 6 nitrogen and oxygen atoms in total. The van der Waals surface area contributed by atoms with Gasteiger partial charge in [0.05, 0.1) is 6.04 Å². The first-order valence-corrected chi connectivity index (χ1v) is 7.44. The molecule has 0 heterocycles. The second kappa shape index (κ2) is 9.00. The van der Waals surface area contributed by atoms with Crippen molar-refractivity contribution in [2.24, 2.45) is 11.7 Å². The maximum Gasteiger partial charge on any atom is 0.408 e. The molecule has 0 aliphatic heterocycles. The summed E-state index contributed by atoms with van der Waals surface area (Å²) in [6, 6.07) is -0.621. The van der Waals surface area contributed by atoms with Crippen molar-refractivity contribution in [1.29, 1.82) is 0 Å². The average molecular weight is 302 g/mol. The highest BCUT2D eigenvalue weighted by atomic mass is 16.6. The minimum atomic E-state index is -0.621. The van der Waals surface area contributed by atoms with Gasteiger partial charge in [0.2, 0.25) is 0 Å². The molecular formula is C15H30N2O4. The zero-order valence-corrected chi connectivity index (χ0v) is 14.1. The van der Waals surface area contributed by atoms with E-state index in [-0.39, 0.29) is 18.3 Å². The number of rotatable bonds is 8. The van der Waals surface area contributed by atoms with Crippen LogP contribution in [-0.4, -0.2) is 36.4 Å². The summed E-state index contributed by atoms with van der Waals surface area (Å²) in [6.07, 6.45) is 0.0983. The summed E-state index contributed by atoms with van der Waals surface area (Å²) in [7, 11) is 0. The molecule has 0 radical (unpaired) electrons. The van der Waals surface area contributed by atoms with Gasteiger partial charge in [0.1, 0.15) is 18.4 Å². The number of Topliss-reactive ketones (excluding diaryl/α,β-unsaturated/α-hetero) is 1. The van der Waals surface area contributed by atoms with Gasteiger partial charge in [0.25, 0.3) is 0 Å². The highest BCUT2D eigenvalue weighted by Crippen LogP contribution is 2.10. The van der Waals surface area contributed by atoms with E-state index < -0.39 is 24.0 Å². The van der Waals surface area contributed by atoms with Crippen LogP contribution in [0.4, 0.5) is 4.79 Å². The van der Waals surface area contributed by atoms with Gasteiger partial charge in [0.15, 0.2) is 5.78 Å². The van der Waals surface area contributed by atoms with Gasteiger partial charge in [-0.05, 0) is 39.5 Å². The summed E-state index contributed by atoms with van der Waals surface area (Å²) in [5, 5.41) is 2.61. The van der Waals surface area contributed by atoms with Gasteiger partial charge in [-0.15, -0.1) is 0 Å². The van der Waals surface area contributed by atoms with Gasteiger partial charge in [-0.2, -0.15) is 0 Å². The first-order valence-electron chi connectivity index (χ1n) is 7.44. The number of ether oxygens (including phenoxy) is 2. The summed E-state index contributed by atoms with van der Waals surface area (Å²) in [5.41, 5.74) is 5.02. The Kier molecular flexibility index (Phi) is 8.51.